The third-order valence-corrected chi connectivity index (χ3v) is 3.22. The van der Waals surface area contributed by atoms with Crippen molar-refractivity contribution >= 4 is 11.5 Å². The van der Waals surface area contributed by atoms with Gasteiger partial charge in [0.15, 0.2) is 18.1 Å². The van der Waals surface area contributed by atoms with Gasteiger partial charge in [0.25, 0.3) is 0 Å². The van der Waals surface area contributed by atoms with Gasteiger partial charge >= 0.3 is 5.69 Å². The molecule has 0 aliphatic carbocycles. The van der Waals surface area contributed by atoms with Crippen molar-refractivity contribution in [2.24, 2.45) is 0 Å². The lowest BCUT2D eigenvalue weighted by Crippen LogP contribution is -2.38. The van der Waals surface area contributed by atoms with Crippen molar-refractivity contribution in [3.8, 4) is 5.75 Å². The molecule has 0 unspecified atom stereocenters. The number of hydrogen-bond acceptors (Lipinski definition) is 4. The first-order valence-corrected chi connectivity index (χ1v) is 6.73. The van der Waals surface area contributed by atoms with E-state index in [0.717, 1.165) is 11.1 Å². The number of carbonyl (C=O) groups is 1. The molecule has 2 aromatic rings. The number of Topliss-reactive ketones (excluding diaryl/α,β-unsaturated/α-hetero) is 1. The Morgan fingerprint density at radius 3 is 2.41 bits per heavy atom. The molecule has 6 heteroatoms. The Kier molecular flexibility index (Phi) is 4.50. The molecule has 0 saturated carbocycles. The highest BCUT2D eigenvalue weighted by Gasteiger charge is 2.20. The van der Waals surface area contributed by atoms with Crippen molar-refractivity contribution in [1.29, 1.82) is 0 Å². The summed E-state index contributed by atoms with van der Waals surface area (Å²) in [4.78, 5) is 22.8. The van der Waals surface area contributed by atoms with E-state index in [-0.39, 0.29) is 23.8 Å². The number of nitro groups is 1. The van der Waals surface area contributed by atoms with Gasteiger partial charge in [0.2, 0.25) is 12.3 Å². The summed E-state index contributed by atoms with van der Waals surface area (Å²) >= 11 is 0. The number of nitro benzene ring substituents is 1. The molecule has 0 bridgehead atoms. The molecule has 1 heterocycles. The molecule has 114 valence electrons. The van der Waals surface area contributed by atoms with Gasteiger partial charge < -0.3 is 4.74 Å². The zero-order valence-corrected chi connectivity index (χ0v) is 12.7. The number of aryl methyl sites for hydroxylation is 2. The summed E-state index contributed by atoms with van der Waals surface area (Å²) < 4.78 is 6.71. The summed E-state index contributed by atoms with van der Waals surface area (Å²) in [6.45, 7) is 4.03. The van der Waals surface area contributed by atoms with Gasteiger partial charge in [-0.05, 0) is 32.0 Å². The van der Waals surface area contributed by atoms with Crippen LogP contribution in [0, 0.1) is 24.0 Å². The van der Waals surface area contributed by atoms with Crippen LogP contribution in [0.4, 0.5) is 5.69 Å². The van der Waals surface area contributed by atoms with E-state index in [1.807, 2.05) is 32.3 Å². The molecule has 0 atom stereocenters. The molecule has 1 aromatic carbocycles. The first kappa shape index (κ1) is 15.6. The second-order valence-electron chi connectivity index (χ2n) is 5.13. The Labute approximate surface area is 128 Å². The van der Waals surface area contributed by atoms with Gasteiger partial charge in [0.05, 0.1) is 12.0 Å². The maximum atomic E-state index is 12.3. The van der Waals surface area contributed by atoms with Crippen molar-refractivity contribution in [3.05, 3.63) is 63.5 Å². The number of aromatic nitrogens is 1. The molecule has 0 N–H and O–H groups in total. The topological polar surface area (TPSA) is 73.3 Å². The van der Waals surface area contributed by atoms with Crippen LogP contribution in [0.3, 0.4) is 0 Å². The number of nitrogens with zero attached hydrogens (tertiary/aromatic N) is 2. The van der Waals surface area contributed by atoms with E-state index in [1.54, 1.807) is 4.57 Å². The summed E-state index contributed by atoms with van der Waals surface area (Å²) in [5.74, 6) is -0.0543. The van der Waals surface area contributed by atoms with Crippen LogP contribution in [0.25, 0.3) is 0 Å². The molecule has 0 radical (unpaired) electrons. The van der Waals surface area contributed by atoms with Gasteiger partial charge in [0, 0.05) is 22.8 Å². The van der Waals surface area contributed by atoms with E-state index in [9.17, 15) is 14.9 Å². The van der Waals surface area contributed by atoms with Crippen molar-refractivity contribution < 1.29 is 19.0 Å². The summed E-state index contributed by atoms with van der Waals surface area (Å²) in [6, 6.07) is 6.25. The highest BCUT2D eigenvalue weighted by atomic mass is 16.6. The van der Waals surface area contributed by atoms with Gasteiger partial charge in [-0.3, -0.25) is 14.9 Å². The quantitative estimate of drug-likeness (QED) is 0.368. The Hall–Kier alpha value is -2.76. The summed E-state index contributed by atoms with van der Waals surface area (Å²) in [5.41, 5.74) is 2.18. The lowest BCUT2D eigenvalue weighted by molar-refractivity contribution is -0.683. The molecule has 0 aliphatic rings. The molecule has 0 saturated heterocycles. The number of hydrogen-bond donors (Lipinski definition) is 0. The average Bonchev–Trinajstić information content (AvgIpc) is 2.45. The second-order valence-corrected chi connectivity index (χ2v) is 5.13. The minimum Gasteiger partial charge on any atom is -0.490 e. The number of rotatable bonds is 5. The highest BCUT2D eigenvalue weighted by Crippen LogP contribution is 2.27. The Balaban J connectivity index is 2.29. The minimum absolute atomic E-state index is 0.131. The fourth-order valence-corrected chi connectivity index (χ4v) is 2.35. The van der Waals surface area contributed by atoms with E-state index in [1.165, 1.54) is 25.3 Å². The van der Waals surface area contributed by atoms with Crippen molar-refractivity contribution in [3.63, 3.8) is 0 Å². The molecule has 6 nitrogen and oxygen atoms in total. The van der Waals surface area contributed by atoms with Gasteiger partial charge in [-0.2, -0.15) is 4.57 Å². The van der Waals surface area contributed by atoms with Gasteiger partial charge in [-0.15, -0.1) is 0 Å². The van der Waals surface area contributed by atoms with Crippen LogP contribution < -0.4 is 9.30 Å². The van der Waals surface area contributed by atoms with Crippen LogP contribution in [0.2, 0.25) is 0 Å². The molecule has 22 heavy (non-hydrogen) atoms. The third-order valence-electron chi connectivity index (χ3n) is 3.22. The summed E-state index contributed by atoms with van der Waals surface area (Å²) in [5, 5.41) is 11.0. The molecule has 0 amide bonds. The fraction of sp³-hybridized carbons (Fsp3) is 0.250. The predicted octanol–water partition coefficient (Wildman–Crippen LogP) is 2.39. The van der Waals surface area contributed by atoms with Gasteiger partial charge in [-0.1, -0.05) is 0 Å². The number of benzene rings is 1. The Bertz CT molecular complexity index is 721. The maximum Gasteiger partial charge on any atom is 0.311 e. The van der Waals surface area contributed by atoms with Crippen LogP contribution in [0.15, 0.2) is 36.7 Å². The number of pyridine rings is 1. The van der Waals surface area contributed by atoms with E-state index < -0.39 is 4.92 Å². The predicted molar refractivity (Wildman–Crippen MR) is 80.1 cm³/mol. The lowest BCUT2D eigenvalue weighted by atomic mass is 10.1. The molecule has 2 rings (SSSR count). The summed E-state index contributed by atoms with van der Waals surface area (Å²) in [6.07, 6.45) is 3.73. The standard InChI is InChI=1S/C16H17N2O4/c1-11-6-12(2)9-17(8-11)10-15(19)13-4-5-16(22-3)14(7-13)18(20)21/h4-9H,10H2,1-3H3/q+1. The SMILES string of the molecule is COc1ccc(C(=O)C[n+]2cc(C)cc(C)c2)cc1[N+](=O)[O-]. The lowest BCUT2D eigenvalue weighted by Gasteiger charge is -2.04. The van der Waals surface area contributed by atoms with E-state index in [4.69, 9.17) is 4.74 Å². The second kappa shape index (κ2) is 6.34. The number of carbonyl (C=O) groups excluding carboxylic acids is 1. The number of ketones is 1. The summed E-state index contributed by atoms with van der Waals surface area (Å²) in [7, 11) is 1.36. The van der Waals surface area contributed by atoms with Crippen LogP contribution in [0.5, 0.6) is 5.75 Å². The smallest absolute Gasteiger partial charge is 0.311 e. The van der Waals surface area contributed by atoms with Gasteiger partial charge in [-0.25, -0.2) is 0 Å². The van der Waals surface area contributed by atoms with Crippen molar-refractivity contribution in [1.82, 2.24) is 0 Å². The maximum absolute atomic E-state index is 12.3. The minimum atomic E-state index is -0.556. The normalized spacial score (nSPS) is 10.3. The van der Waals surface area contributed by atoms with E-state index >= 15 is 0 Å². The highest BCUT2D eigenvalue weighted by molar-refractivity contribution is 5.96. The largest absolute Gasteiger partial charge is 0.490 e. The molecule has 0 fully saturated rings. The number of ether oxygens (including phenoxy) is 1. The average molecular weight is 301 g/mol. The van der Waals surface area contributed by atoms with Crippen LogP contribution in [0.1, 0.15) is 21.5 Å². The van der Waals surface area contributed by atoms with Gasteiger partial charge in [0.1, 0.15) is 0 Å². The molecule has 0 spiro atoms. The molecular weight excluding hydrogens is 284 g/mol. The Morgan fingerprint density at radius 1 is 1.23 bits per heavy atom. The number of methoxy groups -OCH3 is 1. The van der Waals surface area contributed by atoms with Crippen LogP contribution in [-0.2, 0) is 6.54 Å². The van der Waals surface area contributed by atoms with Crippen LogP contribution in [-0.4, -0.2) is 17.8 Å². The molecular formula is C16H17N2O4+. The zero-order chi connectivity index (χ0) is 16.3. The first-order chi connectivity index (χ1) is 10.4. The Morgan fingerprint density at radius 2 is 1.86 bits per heavy atom. The molecule has 1 aromatic heterocycles. The fourth-order valence-electron chi connectivity index (χ4n) is 2.35. The third kappa shape index (κ3) is 3.46. The molecule has 0 aliphatic heterocycles. The zero-order valence-electron chi connectivity index (χ0n) is 12.7. The monoisotopic (exact) mass is 301 g/mol. The van der Waals surface area contributed by atoms with E-state index in [0.29, 0.717) is 5.56 Å². The van der Waals surface area contributed by atoms with Crippen molar-refractivity contribution in [2.75, 3.05) is 7.11 Å². The first-order valence-electron chi connectivity index (χ1n) is 6.73. The van der Waals surface area contributed by atoms with Crippen LogP contribution >= 0.6 is 0 Å². The van der Waals surface area contributed by atoms with E-state index in [2.05, 4.69) is 0 Å². The van der Waals surface area contributed by atoms with Crippen molar-refractivity contribution in [2.45, 2.75) is 20.4 Å².